The van der Waals surface area contributed by atoms with E-state index in [2.05, 4.69) is 34.0 Å². The minimum absolute atomic E-state index is 0.132. The molecule has 5 rings (SSSR count). The van der Waals surface area contributed by atoms with Gasteiger partial charge in [-0.05, 0) is 17.9 Å². The maximum absolute atomic E-state index is 14.7. The zero-order chi connectivity index (χ0) is 32.3. The largest absolute Gasteiger partial charge is 0.394 e. The molecule has 11 heteroatoms. The molecule has 4 saturated heterocycles. The Kier molecular flexibility index (Phi) is 10.9. The molecule has 1 aromatic carbocycles. The van der Waals surface area contributed by atoms with E-state index < -0.39 is 35.6 Å². The lowest BCUT2D eigenvalue weighted by molar-refractivity contribution is -0.153. The molecular weight excluding hydrogens is 640 g/mol. The Bertz CT molecular complexity index is 1240. The van der Waals surface area contributed by atoms with Crippen LogP contribution in [0.1, 0.15) is 25.8 Å². The van der Waals surface area contributed by atoms with Crippen LogP contribution in [0.5, 0.6) is 0 Å². The van der Waals surface area contributed by atoms with Crippen LogP contribution in [0.4, 0.5) is 0 Å². The average Bonchev–Trinajstić information content (AvgIpc) is 3.63. The molecule has 1 N–H and O–H groups in total. The molecule has 0 radical (unpaired) electrons. The molecule has 0 aromatic heterocycles. The molecule has 1 spiro atoms. The summed E-state index contributed by atoms with van der Waals surface area (Å²) in [7, 11) is 0. The number of aliphatic hydroxyl groups excluding tert-OH is 1. The highest BCUT2D eigenvalue weighted by Gasteiger charge is 2.77. The number of alkyl halides is 1. The Morgan fingerprint density at radius 2 is 1.78 bits per heavy atom. The third-order valence-electron chi connectivity index (χ3n) is 9.89. The van der Waals surface area contributed by atoms with E-state index in [0.717, 1.165) is 18.7 Å². The lowest BCUT2D eigenvalue weighted by Crippen LogP contribution is -2.60. The summed E-state index contributed by atoms with van der Waals surface area (Å²) in [6.07, 6.45) is 3.22. The number of rotatable bonds is 14. The van der Waals surface area contributed by atoms with Crippen molar-refractivity contribution in [2.45, 2.75) is 55.4 Å². The normalized spacial score (nSPS) is 29.9. The van der Waals surface area contributed by atoms with Gasteiger partial charge in [-0.15, -0.1) is 13.2 Å². The van der Waals surface area contributed by atoms with Crippen LogP contribution in [0.3, 0.4) is 0 Å². The van der Waals surface area contributed by atoms with Crippen LogP contribution < -0.4 is 0 Å². The quantitative estimate of drug-likeness (QED) is 0.237. The molecule has 3 unspecified atom stereocenters. The van der Waals surface area contributed by atoms with Gasteiger partial charge in [0.25, 0.3) is 0 Å². The Labute approximate surface area is 275 Å². The van der Waals surface area contributed by atoms with Gasteiger partial charge in [-0.2, -0.15) is 0 Å². The Morgan fingerprint density at radius 1 is 1.11 bits per heavy atom. The summed E-state index contributed by atoms with van der Waals surface area (Å²) in [5.41, 5.74) is -0.240. The number of nitrogens with zero attached hydrogens (tertiary/aromatic N) is 4. The highest BCUT2D eigenvalue weighted by atomic mass is 79.9. The standard InChI is InChI=1S/C34H47BrN4O6/c1-5-12-37(15-14-36-16-18-44-19-17-36)33(43)30-34-20-25(35)29(45-34)27(28(34)32(42)39(30)26(22-40)23(3)4)31(41)38(13-6-2)21-24-10-8-7-9-11-24/h5-11,23,25-30,40H,1-2,12-22H2,3-4H3/t25?,26-,27-,28-,29-,30?,34?/m0/s1. The van der Waals surface area contributed by atoms with Gasteiger partial charge in [0.2, 0.25) is 17.7 Å². The van der Waals surface area contributed by atoms with Crippen molar-refractivity contribution in [3.05, 3.63) is 61.2 Å². The molecule has 4 aliphatic rings. The number of carbonyl (C=O) groups excluding carboxylic acids is 3. The topological polar surface area (TPSA) is 103 Å². The number of aliphatic hydroxyl groups is 1. The molecule has 1 aromatic rings. The molecule has 0 aliphatic carbocycles. The second-order valence-corrected chi connectivity index (χ2v) is 14.1. The fourth-order valence-electron chi connectivity index (χ4n) is 7.72. The number of carbonyl (C=O) groups is 3. The maximum atomic E-state index is 14.7. The Morgan fingerprint density at radius 3 is 2.40 bits per heavy atom. The van der Waals surface area contributed by atoms with Crippen LogP contribution in [-0.4, -0.2) is 130 Å². The van der Waals surface area contributed by atoms with E-state index >= 15 is 0 Å². The summed E-state index contributed by atoms with van der Waals surface area (Å²) >= 11 is 3.79. The van der Waals surface area contributed by atoms with Crippen molar-refractivity contribution in [1.29, 1.82) is 0 Å². The summed E-state index contributed by atoms with van der Waals surface area (Å²) in [5, 5.41) is 10.6. The van der Waals surface area contributed by atoms with E-state index in [9.17, 15) is 19.5 Å². The fraction of sp³-hybridized carbons (Fsp3) is 0.618. The van der Waals surface area contributed by atoms with Crippen molar-refractivity contribution in [2.24, 2.45) is 17.8 Å². The molecule has 0 saturated carbocycles. The fourth-order valence-corrected chi connectivity index (χ4v) is 8.66. The summed E-state index contributed by atoms with van der Waals surface area (Å²) in [6.45, 7) is 16.3. The first-order valence-electron chi connectivity index (χ1n) is 16.1. The van der Waals surface area contributed by atoms with E-state index in [1.807, 2.05) is 44.2 Å². The van der Waals surface area contributed by atoms with E-state index in [1.54, 1.807) is 26.9 Å². The molecule has 2 bridgehead atoms. The number of benzene rings is 1. The van der Waals surface area contributed by atoms with E-state index in [1.165, 1.54) is 0 Å². The number of hydrogen-bond donors (Lipinski definition) is 1. The van der Waals surface area contributed by atoms with Crippen molar-refractivity contribution in [3.8, 4) is 0 Å². The van der Waals surface area contributed by atoms with Crippen LogP contribution in [0.2, 0.25) is 0 Å². The van der Waals surface area contributed by atoms with Crippen LogP contribution in [0, 0.1) is 17.8 Å². The number of likely N-dealkylation sites (tertiary alicyclic amines) is 1. The van der Waals surface area contributed by atoms with Gasteiger partial charge in [0.05, 0.1) is 43.8 Å². The van der Waals surface area contributed by atoms with Crippen LogP contribution in [0.15, 0.2) is 55.6 Å². The predicted octanol–water partition coefficient (Wildman–Crippen LogP) is 2.31. The predicted molar refractivity (Wildman–Crippen MR) is 174 cm³/mol. The van der Waals surface area contributed by atoms with Gasteiger partial charge in [-0.25, -0.2) is 0 Å². The molecule has 45 heavy (non-hydrogen) atoms. The smallest absolute Gasteiger partial charge is 0.248 e. The van der Waals surface area contributed by atoms with E-state index in [0.29, 0.717) is 52.4 Å². The van der Waals surface area contributed by atoms with Gasteiger partial charge in [0.15, 0.2) is 0 Å². The molecule has 4 aliphatic heterocycles. The number of ether oxygens (including phenoxy) is 2. The van der Waals surface area contributed by atoms with Gasteiger partial charge in [-0.1, -0.05) is 72.3 Å². The SMILES string of the molecule is C=CCN(CCN1CCOCC1)C(=O)C1N([C@@H](CO)C(C)C)C(=O)[C@@H]2[C@H](C(=O)N(CC=C)Cc3ccccc3)[C@H]3OC12CC3Br. The van der Waals surface area contributed by atoms with E-state index in [4.69, 9.17) is 9.47 Å². The molecule has 4 heterocycles. The van der Waals surface area contributed by atoms with Crippen molar-refractivity contribution >= 4 is 33.7 Å². The highest BCUT2D eigenvalue weighted by Crippen LogP contribution is 2.61. The van der Waals surface area contributed by atoms with Crippen LogP contribution in [-0.2, 0) is 30.4 Å². The first-order valence-corrected chi connectivity index (χ1v) is 17.0. The summed E-state index contributed by atoms with van der Waals surface area (Å²) in [6, 6.07) is 8.12. The van der Waals surface area contributed by atoms with Gasteiger partial charge in [0.1, 0.15) is 11.6 Å². The molecule has 10 nitrogen and oxygen atoms in total. The van der Waals surface area contributed by atoms with Crippen molar-refractivity contribution in [2.75, 3.05) is 59.1 Å². The molecule has 7 atom stereocenters. The number of amides is 3. The van der Waals surface area contributed by atoms with Crippen LogP contribution >= 0.6 is 15.9 Å². The molecule has 3 amide bonds. The molecule has 246 valence electrons. The minimum Gasteiger partial charge on any atom is -0.394 e. The second kappa shape index (κ2) is 14.5. The first kappa shape index (κ1) is 33.8. The van der Waals surface area contributed by atoms with Crippen LogP contribution in [0.25, 0.3) is 0 Å². The third kappa shape index (κ3) is 6.39. The minimum atomic E-state index is -1.21. The van der Waals surface area contributed by atoms with Gasteiger partial charge in [0, 0.05) is 50.6 Å². The Balaban J connectivity index is 1.51. The zero-order valence-corrected chi connectivity index (χ0v) is 28.0. The zero-order valence-electron chi connectivity index (χ0n) is 26.4. The number of fused-ring (bicyclic) bond motifs is 1. The third-order valence-corrected chi connectivity index (χ3v) is 10.7. The summed E-state index contributed by atoms with van der Waals surface area (Å²) in [5.74, 6) is -2.50. The molecular formula is C34H47BrN4O6. The van der Waals surface area contributed by atoms with Gasteiger partial charge in [-0.3, -0.25) is 19.3 Å². The van der Waals surface area contributed by atoms with E-state index in [-0.39, 0.29) is 35.1 Å². The van der Waals surface area contributed by atoms with Crippen molar-refractivity contribution < 1.29 is 29.0 Å². The highest BCUT2D eigenvalue weighted by molar-refractivity contribution is 9.09. The lowest BCUT2D eigenvalue weighted by Gasteiger charge is -2.41. The number of morpholine rings is 1. The molecule has 4 fully saturated rings. The number of hydrogen-bond acceptors (Lipinski definition) is 7. The van der Waals surface area contributed by atoms with Crippen molar-refractivity contribution in [1.82, 2.24) is 19.6 Å². The monoisotopic (exact) mass is 686 g/mol. The lowest BCUT2D eigenvalue weighted by atomic mass is 9.70. The summed E-state index contributed by atoms with van der Waals surface area (Å²) < 4.78 is 12.3. The number of halogens is 1. The summed E-state index contributed by atoms with van der Waals surface area (Å²) in [4.78, 5) is 50.9. The van der Waals surface area contributed by atoms with Gasteiger partial charge < -0.3 is 29.3 Å². The van der Waals surface area contributed by atoms with Crippen molar-refractivity contribution in [3.63, 3.8) is 0 Å². The Hall–Kier alpha value is -2.57. The average molecular weight is 688 g/mol. The maximum Gasteiger partial charge on any atom is 0.248 e. The second-order valence-electron chi connectivity index (χ2n) is 12.9. The first-order chi connectivity index (χ1) is 21.7. The van der Waals surface area contributed by atoms with Gasteiger partial charge >= 0.3 is 0 Å².